The van der Waals surface area contributed by atoms with Crippen LogP contribution in [0.1, 0.15) is 49.8 Å². The van der Waals surface area contributed by atoms with E-state index in [-0.39, 0.29) is 24.3 Å². The number of aliphatic hydroxyl groups excluding tert-OH is 3. The molecule has 0 unspecified atom stereocenters. The Morgan fingerprint density at radius 2 is 1.89 bits per heavy atom. The minimum atomic E-state index is -2.85. The number of nitrogens with one attached hydrogen (secondary N) is 1. The van der Waals surface area contributed by atoms with E-state index < -0.39 is 75.5 Å². The Balaban J connectivity index is 1.87. The Morgan fingerprint density at radius 3 is 2.50 bits per heavy atom. The molecule has 3 aliphatic carbocycles. The van der Waals surface area contributed by atoms with Gasteiger partial charge in [0.1, 0.15) is 22.8 Å². The smallest absolute Gasteiger partial charge is 0.255 e. The molecule has 11 heteroatoms. The van der Waals surface area contributed by atoms with E-state index in [1.807, 2.05) is 19.3 Å². The van der Waals surface area contributed by atoms with Crippen molar-refractivity contribution < 1.29 is 39.9 Å². The van der Waals surface area contributed by atoms with Crippen molar-refractivity contribution in [3.05, 3.63) is 50.9 Å². The van der Waals surface area contributed by atoms with Gasteiger partial charge in [-0.25, -0.2) is 0 Å². The highest BCUT2D eigenvalue weighted by atomic mass is 16.5. The molecular formula is C25H29N2O9-. The van der Waals surface area contributed by atoms with Gasteiger partial charge in [0, 0.05) is 29.4 Å². The Hall–Kier alpha value is -3.25. The second-order valence-electron chi connectivity index (χ2n) is 10.4. The number of nitrogens with two attached hydrogens (primary N) is 1. The average Bonchev–Trinajstić information content (AvgIpc) is 2.79. The van der Waals surface area contributed by atoms with Crippen LogP contribution in [0.5, 0.6) is 5.75 Å². The summed E-state index contributed by atoms with van der Waals surface area (Å²) in [6.07, 6.45) is -1.11. The third-order valence-corrected chi connectivity index (χ3v) is 7.86. The van der Waals surface area contributed by atoms with Crippen LogP contribution in [0, 0.1) is 17.0 Å². The fraction of sp³-hybridized carbons (Fsp3) is 0.480. The van der Waals surface area contributed by atoms with E-state index in [1.165, 1.54) is 0 Å². The van der Waals surface area contributed by atoms with Gasteiger partial charge in [-0.05, 0) is 36.8 Å². The molecule has 194 valence electrons. The highest BCUT2D eigenvalue weighted by molar-refractivity contribution is 6.22. The first-order valence-corrected chi connectivity index (χ1v) is 11.6. The maximum Gasteiger partial charge on any atom is 0.255 e. The molecule has 1 saturated carbocycles. The minimum absolute atomic E-state index is 0.00390. The summed E-state index contributed by atoms with van der Waals surface area (Å²) in [5.41, 5.74) is 3.05. The van der Waals surface area contributed by atoms with Gasteiger partial charge < -0.3 is 42.0 Å². The van der Waals surface area contributed by atoms with Crippen molar-refractivity contribution in [1.82, 2.24) is 5.48 Å². The van der Waals surface area contributed by atoms with Gasteiger partial charge in [0.2, 0.25) is 5.78 Å². The molecule has 0 saturated heterocycles. The second kappa shape index (κ2) is 8.70. The Labute approximate surface area is 206 Å². The van der Waals surface area contributed by atoms with E-state index in [0.717, 1.165) is 0 Å². The van der Waals surface area contributed by atoms with Crippen molar-refractivity contribution in [1.29, 1.82) is 0 Å². The zero-order chi connectivity index (χ0) is 26.7. The molecule has 0 spiro atoms. The van der Waals surface area contributed by atoms with E-state index in [1.54, 1.807) is 12.1 Å². The molecule has 0 heterocycles. The molecule has 0 radical (unpaired) electrons. The first-order valence-electron chi connectivity index (χ1n) is 11.6. The number of hydrogen-bond acceptors (Lipinski definition) is 10. The van der Waals surface area contributed by atoms with Crippen molar-refractivity contribution >= 4 is 23.2 Å². The summed E-state index contributed by atoms with van der Waals surface area (Å²) in [4.78, 5) is 37.7. The summed E-state index contributed by atoms with van der Waals surface area (Å²) in [5, 5.41) is 66.0. The van der Waals surface area contributed by atoms with Crippen LogP contribution in [-0.2, 0) is 26.2 Å². The summed E-state index contributed by atoms with van der Waals surface area (Å²) in [5.74, 6) is -8.14. The normalized spacial score (nSPS) is 28.1. The summed E-state index contributed by atoms with van der Waals surface area (Å²) >= 11 is 0. The lowest BCUT2D eigenvalue weighted by Crippen LogP contribution is -2.63. The molecule has 4 rings (SSSR count). The van der Waals surface area contributed by atoms with Gasteiger partial charge in [0.05, 0.1) is 11.7 Å². The molecule has 3 aliphatic rings. The van der Waals surface area contributed by atoms with E-state index in [0.29, 0.717) is 24.0 Å². The fourth-order valence-corrected chi connectivity index (χ4v) is 5.90. The number of carbonyl (C=O) groups excluding carboxylic acids is 3. The van der Waals surface area contributed by atoms with Gasteiger partial charge in [-0.1, -0.05) is 26.0 Å². The Bertz CT molecular complexity index is 1230. The van der Waals surface area contributed by atoms with Crippen molar-refractivity contribution in [2.75, 3.05) is 6.54 Å². The molecule has 8 N–H and O–H groups in total. The fourth-order valence-electron chi connectivity index (χ4n) is 5.90. The standard InChI is InChI=1S/C25H29N2O9/c1-24(2,6-3-7-27-36)12-5-4-10-8-11-16(20(31)15(10)19(12)30)21(32)25(35)13(18(11)29)9-14(28)17(22(25)33)23(26)34/h4-5,11,13,18,27,29-31,33,35H,3,6-9H2,1-2H3,(H2,26,34)/q-1/t11-,13-,18+,25+/m1/s1. The number of primary amides is 1. The Kier molecular flexibility index (Phi) is 6.24. The molecule has 11 nitrogen and oxygen atoms in total. The van der Waals surface area contributed by atoms with Crippen LogP contribution >= 0.6 is 0 Å². The highest BCUT2D eigenvalue weighted by Gasteiger charge is 2.63. The molecule has 1 fully saturated rings. The van der Waals surface area contributed by atoms with Crippen molar-refractivity contribution in [3.63, 3.8) is 0 Å². The third kappa shape index (κ3) is 3.53. The lowest BCUT2D eigenvalue weighted by molar-refractivity contribution is -0.159. The maximum atomic E-state index is 13.6. The third-order valence-electron chi connectivity index (χ3n) is 7.86. The van der Waals surface area contributed by atoms with Gasteiger partial charge in [0.25, 0.3) is 5.91 Å². The van der Waals surface area contributed by atoms with Crippen LogP contribution in [-0.4, -0.2) is 61.3 Å². The molecule has 0 aliphatic heterocycles. The van der Waals surface area contributed by atoms with Crippen molar-refractivity contribution in [2.24, 2.45) is 17.6 Å². The molecule has 1 aromatic carbocycles. The largest absolute Gasteiger partial charge is 0.788 e. The molecule has 0 aromatic heterocycles. The van der Waals surface area contributed by atoms with Gasteiger partial charge in [0.15, 0.2) is 11.4 Å². The molecule has 1 aromatic rings. The van der Waals surface area contributed by atoms with Crippen molar-refractivity contribution in [3.8, 4) is 5.75 Å². The SMILES string of the molecule is CC(C)(CCCN[O-])c1ccc2c(c1O)C(O)=C1C(=O)[C@]3(O)C(O)=C(C(N)=O)C(=O)C[C@@H]3[C@@H](O)[C@@H]1C2. The topological polar surface area (TPSA) is 213 Å². The van der Waals surface area contributed by atoms with Gasteiger partial charge in [-0.2, -0.15) is 0 Å². The number of hydrogen-bond donors (Lipinski definition) is 7. The van der Waals surface area contributed by atoms with E-state index in [2.05, 4.69) is 0 Å². The monoisotopic (exact) mass is 501 g/mol. The predicted molar refractivity (Wildman–Crippen MR) is 126 cm³/mol. The minimum Gasteiger partial charge on any atom is -0.788 e. The molecule has 4 atom stereocenters. The van der Waals surface area contributed by atoms with Crippen LogP contribution in [0.15, 0.2) is 29.0 Å². The maximum absolute atomic E-state index is 13.6. The first-order chi connectivity index (χ1) is 16.8. The average molecular weight is 502 g/mol. The molecule has 1 amide bonds. The number of aromatic hydroxyl groups is 1. The number of amides is 1. The molecule has 0 bridgehead atoms. The second-order valence-corrected chi connectivity index (χ2v) is 10.4. The summed E-state index contributed by atoms with van der Waals surface area (Å²) in [6.45, 7) is 3.93. The van der Waals surface area contributed by atoms with Crippen molar-refractivity contribution in [2.45, 2.75) is 56.7 Å². The molecular weight excluding hydrogens is 472 g/mol. The summed E-state index contributed by atoms with van der Waals surface area (Å²) < 4.78 is 0. The Morgan fingerprint density at radius 1 is 1.22 bits per heavy atom. The summed E-state index contributed by atoms with van der Waals surface area (Å²) in [7, 11) is 0. The van der Waals surface area contributed by atoms with Crippen LogP contribution < -0.4 is 11.2 Å². The highest BCUT2D eigenvalue weighted by Crippen LogP contribution is 2.53. The lowest BCUT2D eigenvalue weighted by Gasteiger charge is -2.48. The molecule has 36 heavy (non-hydrogen) atoms. The van der Waals surface area contributed by atoms with Crippen LogP contribution in [0.2, 0.25) is 0 Å². The zero-order valence-corrected chi connectivity index (χ0v) is 19.9. The number of Topliss-reactive ketones (excluding diaryl/α,β-unsaturated/α-hetero) is 2. The number of fused-ring (bicyclic) bond motifs is 3. The lowest BCUT2D eigenvalue weighted by atomic mass is 9.57. The number of carbonyl (C=O) groups is 3. The van der Waals surface area contributed by atoms with Gasteiger partial charge >= 0.3 is 0 Å². The van der Waals surface area contributed by atoms with Crippen LogP contribution in [0.3, 0.4) is 0 Å². The number of benzene rings is 1. The van der Waals surface area contributed by atoms with E-state index in [9.17, 15) is 45.1 Å². The summed E-state index contributed by atoms with van der Waals surface area (Å²) in [6, 6.07) is 3.35. The van der Waals surface area contributed by atoms with Crippen LogP contribution in [0.25, 0.3) is 5.76 Å². The number of rotatable bonds is 6. The van der Waals surface area contributed by atoms with Gasteiger partial charge in [-0.3, -0.25) is 14.4 Å². The number of phenolic OH excluding ortho intramolecular Hbond substituents is 1. The first kappa shape index (κ1) is 25.8. The van der Waals surface area contributed by atoms with Gasteiger partial charge in [-0.15, -0.1) is 0 Å². The zero-order valence-electron chi connectivity index (χ0n) is 19.9. The number of phenols is 1. The number of ketones is 2. The van der Waals surface area contributed by atoms with Crippen LogP contribution in [0.4, 0.5) is 0 Å². The predicted octanol–water partition coefficient (Wildman–Crippen LogP) is 0.540. The quantitative estimate of drug-likeness (QED) is 0.163. The van der Waals surface area contributed by atoms with E-state index in [4.69, 9.17) is 5.73 Å². The number of hydroxylamine groups is 1. The van der Waals surface area contributed by atoms with E-state index >= 15 is 0 Å². The number of aliphatic hydroxyl groups is 4.